The Bertz CT molecular complexity index is 411. The third-order valence-corrected chi connectivity index (χ3v) is 4.74. The van der Waals surface area contributed by atoms with Crippen molar-refractivity contribution in [1.29, 1.82) is 0 Å². The monoisotopic (exact) mass is 260 g/mol. The standard InChI is InChI=1S/C17H24O2/c18-17-15-9-2-1-7-14(15)8-4-10-16(17)19-12-11-13-5-3-6-13/h1-2,7,9,13,16-18H,3-6,8,10-12H2. The molecule has 104 valence electrons. The van der Waals surface area contributed by atoms with Gasteiger partial charge in [0, 0.05) is 6.61 Å². The topological polar surface area (TPSA) is 29.5 Å². The van der Waals surface area contributed by atoms with Gasteiger partial charge in [-0.25, -0.2) is 0 Å². The maximum atomic E-state index is 10.5. The highest BCUT2D eigenvalue weighted by molar-refractivity contribution is 5.30. The molecule has 2 nitrogen and oxygen atoms in total. The maximum absolute atomic E-state index is 10.5. The average molecular weight is 260 g/mol. The number of aliphatic hydroxyl groups excluding tert-OH is 1. The highest BCUT2D eigenvalue weighted by Crippen LogP contribution is 2.32. The van der Waals surface area contributed by atoms with Crippen LogP contribution in [0, 0.1) is 5.92 Å². The summed E-state index contributed by atoms with van der Waals surface area (Å²) in [5.74, 6) is 0.884. The molecular weight excluding hydrogens is 236 g/mol. The Balaban J connectivity index is 1.59. The SMILES string of the molecule is OC1c2ccccc2CCCC1OCCC1CCC1. The number of aliphatic hydroxyl groups is 1. The molecule has 0 saturated heterocycles. The fourth-order valence-corrected chi connectivity index (χ4v) is 3.24. The Labute approximate surface area is 115 Å². The molecule has 2 aliphatic rings. The van der Waals surface area contributed by atoms with E-state index < -0.39 is 6.10 Å². The van der Waals surface area contributed by atoms with Crippen molar-refractivity contribution in [2.24, 2.45) is 5.92 Å². The van der Waals surface area contributed by atoms with Gasteiger partial charge in [-0.15, -0.1) is 0 Å². The summed E-state index contributed by atoms with van der Waals surface area (Å²) >= 11 is 0. The summed E-state index contributed by atoms with van der Waals surface area (Å²) in [6.07, 6.45) is 8.01. The van der Waals surface area contributed by atoms with Gasteiger partial charge in [-0.1, -0.05) is 43.5 Å². The van der Waals surface area contributed by atoms with Crippen molar-refractivity contribution in [3.05, 3.63) is 35.4 Å². The summed E-state index contributed by atoms with van der Waals surface area (Å²) in [5.41, 5.74) is 2.37. The van der Waals surface area contributed by atoms with Gasteiger partial charge in [-0.05, 0) is 42.7 Å². The summed E-state index contributed by atoms with van der Waals surface area (Å²) in [6.45, 7) is 0.814. The van der Waals surface area contributed by atoms with Gasteiger partial charge in [0.2, 0.25) is 0 Å². The predicted octanol–water partition coefficient (Wildman–Crippen LogP) is 3.63. The first-order chi connectivity index (χ1) is 9.34. The minimum Gasteiger partial charge on any atom is -0.386 e. The molecule has 0 aliphatic heterocycles. The molecule has 2 unspecified atom stereocenters. The number of benzene rings is 1. The van der Waals surface area contributed by atoms with Gasteiger partial charge in [0.25, 0.3) is 0 Å². The molecule has 0 aromatic heterocycles. The summed E-state index contributed by atoms with van der Waals surface area (Å²) in [4.78, 5) is 0. The second-order valence-corrected chi connectivity index (χ2v) is 6.03. The maximum Gasteiger partial charge on any atom is 0.105 e. The molecule has 0 heterocycles. The Hall–Kier alpha value is -0.860. The fourth-order valence-electron chi connectivity index (χ4n) is 3.24. The number of ether oxygens (including phenoxy) is 1. The van der Waals surface area contributed by atoms with Crippen molar-refractivity contribution in [3.63, 3.8) is 0 Å². The Morgan fingerprint density at radius 1 is 1.11 bits per heavy atom. The largest absolute Gasteiger partial charge is 0.386 e. The molecular formula is C17H24O2. The number of rotatable bonds is 4. The zero-order chi connectivity index (χ0) is 13.1. The summed E-state index contributed by atoms with van der Waals surface area (Å²) in [5, 5.41) is 10.5. The molecule has 0 radical (unpaired) electrons. The van der Waals surface area contributed by atoms with E-state index in [0.717, 1.165) is 37.4 Å². The fraction of sp³-hybridized carbons (Fsp3) is 0.647. The Kier molecular flexibility index (Phi) is 4.19. The molecule has 3 rings (SSSR count). The first-order valence-electron chi connectivity index (χ1n) is 7.72. The van der Waals surface area contributed by atoms with Gasteiger partial charge >= 0.3 is 0 Å². The average Bonchev–Trinajstić information content (AvgIpc) is 2.53. The van der Waals surface area contributed by atoms with Gasteiger partial charge in [-0.3, -0.25) is 0 Å². The van der Waals surface area contributed by atoms with Gasteiger partial charge in [0.15, 0.2) is 0 Å². The van der Waals surface area contributed by atoms with Crippen LogP contribution in [0.5, 0.6) is 0 Å². The molecule has 1 saturated carbocycles. The van der Waals surface area contributed by atoms with E-state index in [9.17, 15) is 5.11 Å². The lowest BCUT2D eigenvalue weighted by Gasteiger charge is -2.27. The van der Waals surface area contributed by atoms with E-state index in [1.807, 2.05) is 12.1 Å². The van der Waals surface area contributed by atoms with Gasteiger partial charge in [-0.2, -0.15) is 0 Å². The van der Waals surface area contributed by atoms with Crippen LogP contribution < -0.4 is 0 Å². The van der Waals surface area contributed by atoms with Crippen LogP contribution in [-0.4, -0.2) is 17.8 Å². The van der Waals surface area contributed by atoms with E-state index in [1.165, 1.54) is 31.2 Å². The van der Waals surface area contributed by atoms with E-state index in [4.69, 9.17) is 4.74 Å². The van der Waals surface area contributed by atoms with E-state index in [0.29, 0.717) is 0 Å². The van der Waals surface area contributed by atoms with Crippen molar-refractivity contribution < 1.29 is 9.84 Å². The number of hydrogen-bond acceptors (Lipinski definition) is 2. The third kappa shape index (κ3) is 3.01. The highest BCUT2D eigenvalue weighted by atomic mass is 16.5. The van der Waals surface area contributed by atoms with E-state index in [2.05, 4.69) is 12.1 Å². The molecule has 2 atom stereocenters. The van der Waals surface area contributed by atoms with Crippen molar-refractivity contribution in [1.82, 2.24) is 0 Å². The lowest BCUT2D eigenvalue weighted by atomic mass is 9.83. The highest BCUT2D eigenvalue weighted by Gasteiger charge is 2.27. The molecule has 0 bridgehead atoms. The molecule has 0 spiro atoms. The van der Waals surface area contributed by atoms with Crippen LogP contribution in [0.1, 0.15) is 55.8 Å². The van der Waals surface area contributed by atoms with Crippen LogP contribution in [0.3, 0.4) is 0 Å². The lowest BCUT2D eigenvalue weighted by molar-refractivity contribution is -0.0477. The first kappa shape index (κ1) is 13.1. The van der Waals surface area contributed by atoms with Crippen LogP contribution in [0.25, 0.3) is 0 Å². The normalized spacial score (nSPS) is 27.4. The van der Waals surface area contributed by atoms with E-state index in [-0.39, 0.29) is 6.10 Å². The molecule has 2 heteroatoms. The molecule has 1 aromatic carbocycles. The predicted molar refractivity (Wildman–Crippen MR) is 76.0 cm³/mol. The first-order valence-corrected chi connectivity index (χ1v) is 7.72. The summed E-state index contributed by atoms with van der Waals surface area (Å²) in [6, 6.07) is 8.25. The minimum atomic E-state index is -0.444. The second kappa shape index (κ2) is 6.06. The van der Waals surface area contributed by atoms with E-state index in [1.54, 1.807) is 0 Å². The van der Waals surface area contributed by atoms with Gasteiger partial charge in [0.1, 0.15) is 6.10 Å². The third-order valence-electron chi connectivity index (χ3n) is 4.74. The molecule has 0 amide bonds. The van der Waals surface area contributed by atoms with Crippen LogP contribution >= 0.6 is 0 Å². The summed E-state index contributed by atoms with van der Waals surface area (Å²) < 4.78 is 5.99. The number of aryl methyl sites for hydroxylation is 1. The van der Waals surface area contributed by atoms with Crippen LogP contribution in [0.4, 0.5) is 0 Å². The quantitative estimate of drug-likeness (QED) is 0.838. The van der Waals surface area contributed by atoms with Crippen molar-refractivity contribution >= 4 is 0 Å². The molecule has 19 heavy (non-hydrogen) atoms. The molecule has 1 N–H and O–H groups in total. The Morgan fingerprint density at radius 2 is 1.95 bits per heavy atom. The molecule has 1 aromatic rings. The van der Waals surface area contributed by atoms with E-state index >= 15 is 0 Å². The van der Waals surface area contributed by atoms with Crippen molar-refractivity contribution in [3.8, 4) is 0 Å². The second-order valence-electron chi connectivity index (χ2n) is 6.03. The van der Waals surface area contributed by atoms with Gasteiger partial charge in [0.05, 0.1) is 6.10 Å². The lowest BCUT2D eigenvalue weighted by Crippen LogP contribution is -2.23. The zero-order valence-corrected chi connectivity index (χ0v) is 11.6. The Morgan fingerprint density at radius 3 is 2.74 bits per heavy atom. The summed E-state index contributed by atoms with van der Waals surface area (Å²) in [7, 11) is 0. The molecule has 2 aliphatic carbocycles. The van der Waals surface area contributed by atoms with Crippen LogP contribution in [0.2, 0.25) is 0 Å². The van der Waals surface area contributed by atoms with Crippen molar-refractivity contribution in [2.75, 3.05) is 6.61 Å². The molecule has 1 fully saturated rings. The minimum absolute atomic E-state index is 0.0104. The van der Waals surface area contributed by atoms with Gasteiger partial charge < -0.3 is 9.84 Å². The zero-order valence-electron chi connectivity index (χ0n) is 11.6. The van der Waals surface area contributed by atoms with Crippen molar-refractivity contribution in [2.45, 2.75) is 57.2 Å². The smallest absolute Gasteiger partial charge is 0.105 e. The number of fused-ring (bicyclic) bond motifs is 1. The van der Waals surface area contributed by atoms with Crippen LogP contribution in [0.15, 0.2) is 24.3 Å². The van der Waals surface area contributed by atoms with Crippen LogP contribution in [-0.2, 0) is 11.2 Å². The number of hydrogen-bond donors (Lipinski definition) is 1.